The van der Waals surface area contributed by atoms with E-state index in [1.54, 1.807) is 0 Å². The van der Waals surface area contributed by atoms with Crippen molar-refractivity contribution < 1.29 is 4.74 Å². The van der Waals surface area contributed by atoms with Crippen LogP contribution < -0.4 is 4.74 Å². The molecular formula is C19H28O. The standard InChI is InChI=1S/C19H28O/c1-6-14(5)16-10-15-8-9-17(20-7-2)12-19(15)18(11-16)13(3)4/h8-9,12,14,16H,6-7,10-11H2,1-5H3. The summed E-state index contributed by atoms with van der Waals surface area (Å²) in [5, 5.41) is 0. The molecule has 0 aromatic heterocycles. The summed E-state index contributed by atoms with van der Waals surface area (Å²) in [5.41, 5.74) is 5.92. The average molecular weight is 272 g/mol. The molecule has 2 atom stereocenters. The third kappa shape index (κ3) is 3.08. The minimum atomic E-state index is 0.735. The van der Waals surface area contributed by atoms with Gasteiger partial charge in [-0.05, 0) is 74.3 Å². The summed E-state index contributed by atoms with van der Waals surface area (Å²) < 4.78 is 5.67. The number of hydrogen-bond acceptors (Lipinski definition) is 1. The lowest BCUT2D eigenvalue weighted by atomic mass is 9.73. The molecule has 110 valence electrons. The number of fused-ring (bicyclic) bond motifs is 1. The predicted octanol–water partition coefficient (Wildman–Crippen LogP) is 5.49. The number of hydrogen-bond donors (Lipinski definition) is 0. The fraction of sp³-hybridized carbons (Fsp3) is 0.579. The van der Waals surface area contributed by atoms with Gasteiger partial charge in [0.15, 0.2) is 0 Å². The summed E-state index contributed by atoms with van der Waals surface area (Å²) in [6, 6.07) is 6.65. The van der Waals surface area contributed by atoms with Crippen molar-refractivity contribution >= 4 is 5.57 Å². The first-order chi connectivity index (χ1) is 9.56. The second-order valence-corrected chi connectivity index (χ2v) is 6.28. The van der Waals surface area contributed by atoms with Crippen LogP contribution in [0.1, 0.15) is 58.6 Å². The van der Waals surface area contributed by atoms with Gasteiger partial charge < -0.3 is 4.74 Å². The Morgan fingerprint density at radius 2 is 2.00 bits per heavy atom. The van der Waals surface area contributed by atoms with Crippen LogP contribution in [-0.4, -0.2) is 6.61 Å². The fourth-order valence-corrected chi connectivity index (χ4v) is 3.21. The van der Waals surface area contributed by atoms with E-state index in [1.807, 2.05) is 6.92 Å². The van der Waals surface area contributed by atoms with Gasteiger partial charge in [-0.2, -0.15) is 0 Å². The van der Waals surface area contributed by atoms with Gasteiger partial charge in [0, 0.05) is 0 Å². The van der Waals surface area contributed by atoms with Crippen LogP contribution in [-0.2, 0) is 6.42 Å². The number of ether oxygens (including phenoxy) is 1. The predicted molar refractivity (Wildman–Crippen MR) is 87.1 cm³/mol. The Kier molecular flexibility index (Phi) is 4.91. The lowest BCUT2D eigenvalue weighted by Crippen LogP contribution is -2.20. The number of rotatable bonds is 4. The van der Waals surface area contributed by atoms with Gasteiger partial charge in [-0.1, -0.05) is 31.9 Å². The third-order valence-electron chi connectivity index (χ3n) is 4.72. The third-order valence-corrected chi connectivity index (χ3v) is 4.72. The van der Waals surface area contributed by atoms with Crippen molar-refractivity contribution in [2.24, 2.45) is 11.8 Å². The fourth-order valence-electron chi connectivity index (χ4n) is 3.21. The maximum Gasteiger partial charge on any atom is 0.119 e. The van der Waals surface area contributed by atoms with Gasteiger partial charge in [-0.3, -0.25) is 0 Å². The Morgan fingerprint density at radius 3 is 2.60 bits per heavy atom. The van der Waals surface area contributed by atoms with Crippen molar-refractivity contribution in [3.8, 4) is 5.75 Å². The normalized spacial score (nSPS) is 19.4. The van der Waals surface area contributed by atoms with Crippen molar-refractivity contribution in [3.63, 3.8) is 0 Å². The van der Waals surface area contributed by atoms with Crippen LogP contribution in [0, 0.1) is 11.8 Å². The molecule has 0 aliphatic heterocycles. The minimum Gasteiger partial charge on any atom is -0.494 e. The van der Waals surface area contributed by atoms with Gasteiger partial charge in [0.1, 0.15) is 5.75 Å². The molecule has 0 heterocycles. The van der Waals surface area contributed by atoms with Gasteiger partial charge in [0.2, 0.25) is 0 Å². The molecule has 2 rings (SSSR count). The van der Waals surface area contributed by atoms with Crippen molar-refractivity contribution in [3.05, 3.63) is 34.9 Å². The molecule has 0 amide bonds. The molecule has 0 bridgehead atoms. The lowest BCUT2D eigenvalue weighted by molar-refractivity contribution is 0.336. The Morgan fingerprint density at radius 1 is 1.25 bits per heavy atom. The van der Waals surface area contributed by atoms with E-state index < -0.39 is 0 Å². The highest BCUT2D eigenvalue weighted by atomic mass is 16.5. The summed E-state index contributed by atoms with van der Waals surface area (Å²) in [6.07, 6.45) is 3.71. The van der Waals surface area contributed by atoms with Crippen LogP contribution in [0.15, 0.2) is 23.8 Å². The van der Waals surface area contributed by atoms with Crippen molar-refractivity contribution in [2.75, 3.05) is 6.61 Å². The maximum atomic E-state index is 5.67. The summed E-state index contributed by atoms with van der Waals surface area (Å²) >= 11 is 0. The quantitative estimate of drug-likeness (QED) is 0.704. The largest absolute Gasteiger partial charge is 0.494 e. The second-order valence-electron chi connectivity index (χ2n) is 6.28. The van der Waals surface area contributed by atoms with Gasteiger partial charge in [-0.15, -0.1) is 0 Å². The zero-order valence-corrected chi connectivity index (χ0v) is 13.6. The van der Waals surface area contributed by atoms with Crippen LogP contribution in [0.4, 0.5) is 0 Å². The SMILES string of the molecule is CCOc1ccc2c(c1)C(=C(C)C)CC(C(C)CC)C2. The molecule has 1 aliphatic rings. The van der Waals surface area contributed by atoms with E-state index in [2.05, 4.69) is 45.9 Å². The topological polar surface area (TPSA) is 9.23 Å². The molecule has 0 fully saturated rings. The average Bonchev–Trinajstić information content (AvgIpc) is 2.45. The van der Waals surface area contributed by atoms with Crippen LogP contribution in [0.25, 0.3) is 5.57 Å². The van der Waals surface area contributed by atoms with Gasteiger partial charge >= 0.3 is 0 Å². The zero-order valence-electron chi connectivity index (χ0n) is 13.6. The molecule has 2 unspecified atom stereocenters. The minimum absolute atomic E-state index is 0.735. The first kappa shape index (κ1) is 15.2. The van der Waals surface area contributed by atoms with E-state index in [4.69, 9.17) is 4.74 Å². The van der Waals surface area contributed by atoms with E-state index in [0.717, 1.165) is 24.2 Å². The van der Waals surface area contributed by atoms with Crippen molar-refractivity contribution in [1.29, 1.82) is 0 Å². The Labute approximate surface area is 124 Å². The maximum absolute atomic E-state index is 5.67. The molecule has 0 saturated carbocycles. The van der Waals surface area contributed by atoms with E-state index in [1.165, 1.54) is 41.5 Å². The molecule has 1 heteroatoms. The summed E-state index contributed by atoms with van der Waals surface area (Å²) in [7, 11) is 0. The zero-order chi connectivity index (χ0) is 14.7. The smallest absolute Gasteiger partial charge is 0.119 e. The highest BCUT2D eigenvalue weighted by Crippen LogP contribution is 2.41. The molecule has 1 aromatic rings. The molecule has 1 aliphatic carbocycles. The van der Waals surface area contributed by atoms with E-state index in [0.29, 0.717) is 0 Å². The Balaban J connectivity index is 2.40. The Hall–Kier alpha value is -1.24. The van der Waals surface area contributed by atoms with E-state index in [9.17, 15) is 0 Å². The van der Waals surface area contributed by atoms with Crippen LogP contribution in [0.2, 0.25) is 0 Å². The van der Waals surface area contributed by atoms with Crippen molar-refractivity contribution in [2.45, 2.75) is 53.9 Å². The molecule has 20 heavy (non-hydrogen) atoms. The molecule has 1 nitrogen and oxygen atoms in total. The molecule has 0 N–H and O–H groups in total. The van der Waals surface area contributed by atoms with Crippen LogP contribution in [0.3, 0.4) is 0 Å². The number of benzene rings is 1. The lowest BCUT2D eigenvalue weighted by Gasteiger charge is -2.32. The monoisotopic (exact) mass is 272 g/mol. The molecule has 1 aromatic carbocycles. The van der Waals surface area contributed by atoms with Gasteiger partial charge in [0.05, 0.1) is 6.61 Å². The van der Waals surface area contributed by atoms with Gasteiger partial charge in [0.25, 0.3) is 0 Å². The van der Waals surface area contributed by atoms with Crippen LogP contribution >= 0.6 is 0 Å². The summed E-state index contributed by atoms with van der Waals surface area (Å²) in [4.78, 5) is 0. The molecular weight excluding hydrogens is 244 g/mol. The summed E-state index contributed by atoms with van der Waals surface area (Å²) in [5.74, 6) is 2.59. The van der Waals surface area contributed by atoms with Crippen LogP contribution in [0.5, 0.6) is 5.75 Å². The molecule has 0 saturated heterocycles. The van der Waals surface area contributed by atoms with Crippen molar-refractivity contribution in [1.82, 2.24) is 0 Å². The first-order valence-corrected chi connectivity index (χ1v) is 7.99. The highest BCUT2D eigenvalue weighted by Gasteiger charge is 2.26. The number of allylic oxidation sites excluding steroid dienone is 2. The molecule has 0 spiro atoms. The Bertz CT molecular complexity index is 494. The van der Waals surface area contributed by atoms with E-state index >= 15 is 0 Å². The highest BCUT2D eigenvalue weighted by molar-refractivity contribution is 5.73. The second kappa shape index (κ2) is 6.47. The van der Waals surface area contributed by atoms with E-state index in [-0.39, 0.29) is 0 Å². The van der Waals surface area contributed by atoms with Gasteiger partial charge in [-0.25, -0.2) is 0 Å². The first-order valence-electron chi connectivity index (χ1n) is 7.99. The molecule has 0 radical (unpaired) electrons. The summed E-state index contributed by atoms with van der Waals surface area (Å²) in [6.45, 7) is 12.0.